The van der Waals surface area contributed by atoms with Crippen LogP contribution in [-0.2, 0) is 0 Å². The highest BCUT2D eigenvalue weighted by atomic mass is 14.4. The van der Waals surface area contributed by atoms with E-state index >= 15 is 0 Å². The molecule has 0 aliphatic heterocycles. The van der Waals surface area contributed by atoms with Crippen molar-refractivity contribution in [3.05, 3.63) is 0 Å². The standard InChI is InChI=1S/C12H22/c1-10-6-8-12(2)7-4-3-5-11(12)9-10/h10-11H,3-9H2,1-2H3. The molecule has 0 heterocycles. The number of rotatable bonds is 0. The first-order chi connectivity index (χ1) is 5.71. The van der Waals surface area contributed by atoms with Crippen molar-refractivity contribution in [2.75, 3.05) is 0 Å². The topological polar surface area (TPSA) is 0 Å². The summed E-state index contributed by atoms with van der Waals surface area (Å²) >= 11 is 0. The van der Waals surface area contributed by atoms with Crippen LogP contribution in [0.4, 0.5) is 0 Å². The van der Waals surface area contributed by atoms with E-state index in [4.69, 9.17) is 0 Å². The summed E-state index contributed by atoms with van der Waals surface area (Å²) in [4.78, 5) is 0. The molecule has 70 valence electrons. The fraction of sp³-hybridized carbons (Fsp3) is 1.00. The molecule has 0 aromatic rings. The van der Waals surface area contributed by atoms with E-state index in [1.165, 1.54) is 44.9 Å². The van der Waals surface area contributed by atoms with Gasteiger partial charge in [-0.3, -0.25) is 0 Å². The van der Waals surface area contributed by atoms with Gasteiger partial charge < -0.3 is 0 Å². The van der Waals surface area contributed by atoms with Crippen LogP contribution in [0.3, 0.4) is 0 Å². The highest BCUT2D eigenvalue weighted by Crippen LogP contribution is 2.51. The predicted octanol–water partition coefficient (Wildman–Crippen LogP) is 4.00. The molecule has 0 aromatic carbocycles. The van der Waals surface area contributed by atoms with Crippen molar-refractivity contribution in [2.24, 2.45) is 17.3 Å². The van der Waals surface area contributed by atoms with E-state index < -0.39 is 0 Å². The summed E-state index contributed by atoms with van der Waals surface area (Å²) < 4.78 is 0. The van der Waals surface area contributed by atoms with Crippen LogP contribution in [0, 0.1) is 17.3 Å². The first-order valence-corrected chi connectivity index (χ1v) is 5.71. The third-order valence-electron chi connectivity index (χ3n) is 4.43. The van der Waals surface area contributed by atoms with Crippen LogP contribution in [0.5, 0.6) is 0 Å². The second-order valence-corrected chi connectivity index (χ2v) is 5.48. The molecule has 0 spiro atoms. The summed E-state index contributed by atoms with van der Waals surface area (Å²) in [6.07, 6.45) is 10.6. The van der Waals surface area contributed by atoms with Crippen molar-refractivity contribution < 1.29 is 0 Å². The molecule has 0 radical (unpaired) electrons. The minimum Gasteiger partial charge on any atom is -0.0625 e. The zero-order chi connectivity index (χ0) is 8.60. The molecule has 0 bridgehead atoms. The lowest BCUT2D eigenvalue weighted by Gasteiger charge is -2.47. The molecule has 2 rings (SSSR count). The largest absolute Gasteiger partial charge is 0.0625 e. The SMILES string of the molecule is CC1CCC2(C)CCCCC2C1. The van der Waals surface area contributed by atoms with Crippen LogP contribution < -0.4 is 0 Å². The van der Waals surface area contributed by atoms with Crippen LogP contribution in [-0.4, -0.2) is 0 Å². The van der Waals surface area contributed by atoms with E-state index in [9.17, 15) is 0 Å². The first kappa shape index (κ1) is 8.59. The van der Waals surface area contributed by atoms with E-state index in [0.717, 1.165) is 17.3 Å². The number of hydrogen-bond acceptors (Lipinski definition) is 0. The van der Waals surface area contributed by atoms with Gasteiger partial charge in [0.2, 0.25) is 0 Å². The fourth-order valence-electron chi connectivity index (χ4n) is 3.38. The third-order valence-corrected chi connectivity index (χ3v) is 4.43. The van der Waals surface area contributed by atoms with Gasteiger partial charge in [0.25, 0.3) is 0 Å². The van der Waals surface area contributed by atoms with Crippen molar-refractivity contribution in [2.45, 2.75) is 58.8 Å². The minimum atomic E-state index is 0.755. The Morgan fingerprint density at radius 2 is 1.92 bits per heavy atom. The zero-order valence-electron chi connectivity index (χ0n) is 8.60. The molecule has 0 aromatic heterocycles. The molecule has 3 atom stereocenters. The Kier molecular flexibility index (Phi) is 2.18. The maximum Gasteiger partial charge on any atom is -0.0297 e. The van der Waals surface area contributed by atoms with Gasteiger partial charge in [-0.1, -0.05) is 33.1 Å². The van der Waals surface area contributed by atoms with Crippen LogP contribution in [0.1, 0.15) is 58.8 Å². The fourth-order valence-corrected chi connectivity index (χ4v) is 3.38. The number of fused-ring (bicyclic) bond motifs is 1. The molecule has 12 heavy (non-hydrogen) atoms. The van der Waals surface area contributed by atoms with E-state index in [-0.39, 0.29) is 0 Å². The third kappa shape index (κ3) is 1.41. The van der Waals surface area contributed by atoms with Crippen LogP contribution in [0.25, 0.3) is 0 Å². The molecule has 0 N–H and O–H groups in total. The molecule has 0 saturated heterocycles. The first-order valence-electron chi connectivity index (χ1n) is 5.71. The Morgan fingerprint density at radius 3 is 2.75 bits per heavy atom. The molecule has 0 amide bonds. The Morgan fingerprint density at radius 1 is 1.08 bits per heavy atom. The van der Waals surface area contributed by atoms with Gasteiger partial charge in [0.05, 0.1) is 0 Å². The maximum atomic E-state index is 2.54. The molecular weight excluding hydrogens is 144 g/mol. The second-order valence-electron chi connectivity index (χ2n) is 5.48. The molecule has 2 fully saturated rings. The lowest BCUT2D eigenvalue weighted by molar-refractivity contribution is 0.0416. The van der Waals surface area contributed by atoms with E-state index in [2.05, 4.69) is 13.8 Å². The summed E-state index contributed by atoms with van der Waals surface area (Å²) in [6.45, 7) is 4.98. The zero-order valence-corrected chi connectivity index (χ0v) is 8.60. The van der Waals surface area contributed by atoms with Crippen molar-refractivity contribution in [1.29, 1.82) is 0 Å². The van der Waals surface area contributed by atoms with Gasteiger partial charge in [0.15, 0.2) is 0 Å². The van der Waals surface area contributed by atoms with Gasteiger partial charge in [-0.2, -0.15) is 0 Å². The molecular formula is C12H22. The average Bonchev–Trinajstić information content (AvgIpc) is 2.06. The van der Waals surface area contributed by atoms with Crippen LogP contribution >= 0.6 is 0 Å². The molecule has 2 aliphatic rings. The highest BCUT2D eigenvalue weighted by molar-refractivity contribution is 4.90. The van der Waals surface area contributed by atoms with Crippen LogP contribution in [0.15, 0.2) is 0 Å². The molecule has 0 heteroatoms. The Labute approximate surface area is 76.7 Å². The van der Waals surface area contributed by atoms with Gasteiger partial charge >= 0.3 is 0 Å². The summed E-state index contributed by atoms with van der Waals surface area (Å²) in [6, 6.07) is 0. The van der Waals surface area contributed by atoms with E-state index in [1.807, 2.05) is 0 Å². The van der Waals surface area contributed by atoms with Crippen molar-refractivity contribution in [3.8, 4) is 0 Å². The quantitative estimate of drug-likeness (QED) is 0.510. The summed E-state index contributed by atoms with van der Waals surface area (Å²) in [5.41, 5.74) is 0.755. The number of hydrogen-bond donors (Lipinski definition) is 0. The lowest BCUT2D eigenvalue weighted by Crippen LogP contribution is -2.36. The van der Waals surface area contributed by atoms with Gasteiger partial charge in [-0.25, -0.2) is 0 Å². The molecule has 2 saturated carbocycles. The summed E-state index contributed by atoms with van der Waals surface area (Å²) in [5, 5.41) is 0. The van der Waals surface area contributed by atoms with Crippen molar-refractivity contribution >= 4 is 0 Å². The Hall–Kier alpha value is 0. The van der Waals surface area contributed by atoms with Gasteiger partial charge in [-0.05, 0) is 42.9 Å². The molecule has 2 aliphatic carbocycles. The molecule has 3 unspecified atom stereocenters. The summed E-state index contributed by atoms with van der Waals surface area (Å²) in [7, 11) is 0. The van der Waals surface area contributed by atoms with Gasteiger partial charge in [0.1, 0.15) is 0 Å². The second kappa shape index (κ2) is 3.05. The van der Waals surface area contributed by atoms with Crippen LogP contribution in [0.2, 0.25) is 0 Å². The predicted molar refractivity (Wildman–Crippen MR) is 53.1 cm³/mol. The minimum absolute atomic E-state index is 0.755. The average molecular weight is 166 g/mol. The Bertz CT molecular complexity index is 161. The lowest BCUT2D eigenvalue weighted by atomic mass is 9.59. The van der Waals surface area contributed by atoms with Crippen molar-refractivity contribution in [1.82, 2.24) is 0 Å². The van der Waals surface area contributed by atoms with E-state index in [1.54, 1.807) is 0 Å². The Balaban J connectivity index is 2.06. The smallest absolute Gasteiger partial charge is 0.0297 e. The van der Waals surface area contributed by atoms with Gasteiger partial charge in [-0.15, -0.1) is 0 Å². The normalized spacial score (nSPS) is 48.5. The highest BCUT2D eigenvalue weighted by Gasteiger charge is 2.39. The maximum absolute atomic E-state index is 2.54. The monoisotopic (exact) mass is 166 g/mol. The summed E-state index contributed by atoms with van der Waals surface area (Å²) in [5.74, 6) is 2.09. The van der Waals surface area contributed by atoms with Crippen molar-refractivity contribution in [3.63, 3.8) is 0 Å². The van der Waals surface area contributed by atoms with Gasteiger partial charge in [0, 0.05) is 0 Å². The van der Waals surface area contributed by atoms with E-state index in [0.29, 0.717) is 0 Å². The molecule has 0 nitrogen and oxygen atoms in total.